The van der Waals surface area contributed by atoms with Crippen LogP contribution in [0.1, 0.15) is 47.7 Å². The summed E-state index contributed by atoms with van der Waals surface area (Å²) < 4.78 is 14.8. The molecule has 5 rings (SSSR count). The van der Waals surface area contributed by atoms with E-state index in [9.17, 15) is 0 Å². The van der Waals surface area contributed by atoms with E-state index >= 15 is 0 Å². The maximum atomic E-state index is 5.72. The van der Waals surface area contributed by atoms with Gasteiger partial charge in [-0.3, -0.25) is 4.90 Å². The third-order valence-electron chi connectivity index (χ3n) is 6.78. The Balaban J connectivity index is 1.57. The van der Waals surface area contributed by atoms with Gasteiger partial charge < -0.3 is 14.0 Å². The van der Waals surface area contributed by atoms with E-state index in [1.807, 2.05) is 6.07 Å². The van der Waals surface area contributed by atoms with Gasteiger partial charge in [-0.1, -0.05) is 11.6 Å². The first-order chi connectivity index (χ1) is 14.6. The molecule has 1 aromatic heterocycles. The minimum atomic E-state index is 0.467. The minimum absolute atomic E-state index is 0.467. The van der Waals surface area contributed by atoms with Crippen molar-refractivity contribution < 1.29 is 9.47 Å². The highest BCUT2D eigenvalue weighted by Crippen LogP contribution is 2.43. The molecule has 0 bridgehead atoms. The Morgan fingerprint density at radius 3 is 2.67 bits per heavy atom. The van der Waals surface area contributed by atoms with Crippen molar-refractivity contribution in [3.05, 3.63) is 57.2 Å². The number of methoxy groups -OCH3 is 2. The molecule has 2 heterocycles. The standard InChI is InChI=1S/C25H29BrN2O2/c1-16-8-9-21-19(12-16)18-6-4-7-22-25(18)28(21)11-5-10-27(22)15-17-13-20(26)24(30-3)14-23(17)29-2/h8-9,12-14,22H,4-7,10-11,15H2,1-3H3/t22-/m1/s1. The van der Waals surface area contributed by atoms with Crippen LogP contribution in [0.3, 0.4) is 0 Å². The zero-order valence-corrected chi connectivity index (χ0v) is 19.6. The maximum Gasteiger partial charge on any atom is 0.136 e. The van der Waals surface area contributed by atoms with Gasteiger partial charge in [-0.15, -0.1) is 0 Å². The van der Waals surface area contributed by atoms with Crippen LogP contribution in [0.5, 0.6) is 11.5 Å². The number of benzene rings is 2. The Hall–Kier alpha value is -1.98. The molecule has 1 atom stereocenters. The Morgan fingerprint density at radius 1 is 1.03 bits per heavy atom. The smallest absolute Gasteiger partial charge is 0.136 e. The van der Waals surface area contributed by atoms with Crippen molar-refractivity contribution >= 4 is 26.8 Å². The molecule has 0 N–H and O–H groups in total. The van der Waals surface area contributed by atoms with Crippen molar-refractivity contribution in [2.75, 3.05) is 20.8 Å². The maximum absolute atomic E-state index is 5.72. The summed E-state index contributed by atoms with van der Waals surface area (Å²) in [5.74, 6) is 1.70. The highest BCUT2D eigenvalue weighted by Gasteiger charge is 2.33. The number of rotatable bonds is 4. The lowest BCUT2D eigenvalue weighted by Crippen LogP contribution is -2.31. The lowest BCUT2D eigenvalue weighted by Gasteiger charge is -2.34. The van der Waals surface area contributed by atoms with Crippen molar-refractivity contribution in [1.29, 1.82) is 0 Å². The summed E-state index contributed by atoms with van der Waals surface area (Å²) in [5.41, 5.74) is 7.12. The molecule has 2 aliphatic rings. The van der Waals surface area contributed by atoms with Gasteiger partial charge in [0, 0.05) is 47.9 Å². The van der Waals surface area contributed by atoms with Crippen LogP contribution in [-0.4, -0.2) is 30.2 Å². The number of halogens is 1. The highest BCUT2D eigenvalue weighted by molar-refractivity contribution is 9.10. The summed E-state index contributed by atoms with van der Waals surface area (Å²) in [5, 5.41) is 1.47. The van der Waals surface area contributed by atoms with Crippen LogP contribution in [0.4, 0.5) is 0 Å². The van der Waals surface area contributed by atoms with E-state index in [1.54, 1.807) is 25.5 Å². The number of nitrogens with zero attached hydrogens (tertiary/aromatic N) is 2. The normalized spacial score (nSPS) is 18.9. The second kappa shape index (κ2) is 7.93. The molecule has 5 heteroatoms. The number of hydrogen-bond acceptors (Lipinski definition) is 3. The monoisotopic (exact) mass is 468 g/mol. The van der Waals surface area contributed by atoms with Crippen molar-refractivity contribution in [2.24, 2.45) is 0 Å². The third-order valence-corrected chi connectivity index (χ3v) is 7.40. The summed E-state index contributed by atoms with van der Waals surface area (Å²) in [4.78, 5) is 2.67. The lowest BCUT2D eigenvalue weighted by atomic mass is 9.90. The average molecular weight is 469 g/mol. The molecule has 1 aliphatic heterocycles. The van der Waals surface area contributed by atoms with E-state index in [-0.39, 0.29) is 0 Å². The second-order valence-electron chi connectivity index (χ2n) is 8.57. The fraction of sp³-hybridized carbons (Fsp3) is 0.440. The van der Waals surface area contributed by atoms with Gasteiger partial charge in [0.25, 0.3) is 0 Å². The number of aryl methyl sites for hydroxylation is 3. The number of aromatic nitrogens is 1. The van der Waals surface area contributed by atoms with E-state index in [0.29, 0.717) is 6.04 Å². The number of fused-ring (bicyclic) bond motifs is 3. The van der Waals surface area contributed by atoms with E-state index in [0.717, 1.165) is 35.6 Å². The molecular formula is C25H29BrN2O2. The third kappa shape index (κ3) is 3.23. The summed E-state index contributed by atoms with van der Waals surface area (Å²) in [6.07, 6.45) is 4.84. The molecule has 3 aromatic rings. The largest absolute Gasteiger partial charge is 0.496 e. The van der Waals surface area contributed by atoms with Crippen LogP contribution in [0.2, 0.25) is 0 Å². The van der Waals surface area contributed by atoms with Gasteiger partial charge in [-0.2, -0.15) is 0 Å². The molecule has 4 nitrogen and oxygen atoms in total. The van der Waals surface area contributed by atoms with Crippen molar-refractivity contribution in [3.8, 4) is 11.5 Å². The van der Waals surface area contributed by atoms with Crippen LogP contribution in [0.25, 0.3) is 10.9 Å². The van der Waals surface area contributed by atoms with Crippen molar-refractivity contribution in [1.82, 2.24) is 9.47 Å². The highest BCUT2D eigenvalue weighted by atomic mass is 79.9. The Kier molecular flexibility index (Phi) is 5.28. The van der Waals surface area contributed by atoms with Gasteiger partial charge in [0.05, 0.1) is 24.7 Å². The SMILES string of the molecule is COc1cc(OC)c(CN2CCCn3c4c(c5cc(C)ccc53)CCC[C@H]42)cc1Br. The molecule has 0 radical (unpaired) electrons. The topological polar surface area (TPSA) is 26.6 Å². The van der Waals surface area contributed by atoms with Crippen molar-refractivity contribution in [2.45, 2.75) is 51.7 Å². The van der Waals surface area contributed by atoms with E-state index in [1.165, 1.54) is 47.7 Å². The van der Waals surface area contributed by atoms with Crippen molar-refractivity contribution in [3.63, 3.8) is 0 Å². The molecule has 1 aliphatic carbocycles. The van der Waals surface area contributed by atoms with E-state index in [4.69, 9.17) is 9.47 Å². The first kappa shape index (κ1) is 20.0. The summed E-state index contributed by atoms with van der Waals surface area (Å²) in [7, 11) is 3.44. The van der Waals surface area contributed by atoms with Gasteiger partial charge in [-0.25, -0.2) is 0 Å². The first-order valence-electron chi connectivity index (χ1n) is 10.9. The summed E-state index contributed by atoms with van der Waals surface area (Å²) in [6.45, 7) is 5.29. The fourth-order valence-corrected chi connectivity index (χ4v) is 6.00. The first-order valence-corrected chi connectivity index (χ1v) is 11.7. The van der Waals surface area contributed by atoms with Gasteiger partial charge >= 0.3 is 0 Å². The predicted molar refractivity (Wildman–Crippen MR) is 125 cm³/mol. The van der Waals surface area contributed by atoms with Gasteiger partial charge in [0.1, 0.15) is 11.5 Å². The molecule has 0 saturated heterocycles. The lowest BCUT2D eigenvalue weighted by molar-refractivity contribution is 0.171. The minimum Gasteiger partial charge on any atom is -0.496 e. The Bertz CT molecular complexity index is 1100. The molecule has 2 aromatic carbocycles. The quantitative estimate of drug-likeness (QED) is 0.468. The fourth-order valence-electron chi connectivity index (χ4n) is 5.45. The molecular weight excluding hydrogens is 440 g/mol. The van der Waals surface area contributed by atoms with Gasteiger partial charge in [0.15, 0.2) is 0 Å². The van der Waals surface area contributed by atoms with Crippen LogP contribution in [-0.2, 0) is 19.5 Å². The molecule has 30 heavy (non-hydrogen) atoms. The average Bonchev–Trinajstić information content (AvgIpc) is 2.94. The second-order valence-corrected chi connectivity index (χ2v) is 9.42. The summed E-state index contributed by atoms with van der Waals surface area (Å²) >= 11 is 3.66. The number of ether oxygens (including phenoxy) is 2. The molecule has 0 spiro atoms. The van der Waals surface area contributed by atoms with E-state index in [2.05, 4.69) is 56.6 Å². The Labute approximate surface area is 186 Å². The van der Waals surface area contributed by atoms with Gasteiger partial charge in [0.2, 0.25) is 0 Å². The summed E-state index contributed by atoms with van der Waals surface area (Å²) in [6, 6.07) is 11.6. The Morgan fingerprint density at radius 2 is 1.87 bits per heavy atom. The zero-order chi connectivity index (χ0) is 20.8. The van der Waals surface area contributed by atoms with Gasteiger partial charge in [-0.05, 0) is 72.3 Å². The molecule has 0 saturated carbocycles. The van der Waals surface area contributed by atoms with Crippen LogP contribution in [0, 0.1) is 6.92 Å². The van der Waals surface area contributed by atoms with Crippen LogP contribution in [0.15, 0.2) is 34.8 Å². The van der Waals surface area contributed by atoms with Crippen LogP contribution < -0.4 is 9.47 Å². The number of hydrogen-bond donors (Lipinski definition) is 0. The zero-order valence-electron chi connectivity index (χ0n) is 18.0. The van der Waals surface area contributed by atoms with E-state index < -0.39 is 0 Å². The predicted octanol–water partition coefficient (Wildman–Crippen LogP) is 6.01. The molecule has 0 fully saturated rings. The molecule has 158 valence electrons. The molecule has 0 amide bonds. The van der Waals surface area contributed by atoms with Crippen LogP contribution >= 0.6 is 15.9 Å². The molecule has 0 unspecified atom stereocenters.